The maximum absolute atomic E-state index is 5.35. The summed E-state index contributed by atoms with van der Waals surface area (Å²) in [4.78, 5) is 2.49. The molecule has 1 aromatic rings. The van der Waals surface area contributed by atoms with Crippen molar-refractivity contribution in [1.82, 2.24) is 15.6 Å². The number of nitrogens with zero attached hydrogens (tertiary/aromatic N) is 2. The Morgan fingerprint density at radius 1 is 1.25 bits per heavy atom. The second kappa shape index (κ2) is 7.81. The minimum absolute atomic E-state index is 0.434. The number of ether oxygens (including phenoxy) is 2. The van der Waals surface area contributed by atoms with Gasteiger partial charge < -0.3 is 19.7 Å². The van der Waals surface area contributed by atoms with Gasteiger partial charge in [0.1, 0.15) is 0 Å². The number of nitrogens with one attached hydrogen (secondary N) is 2. The van der Waals surface area contributed by atoms with Crippen LogP contribution in [0.4, 0.5) is 0 Å². The van der Waals surface area contributed by atoms with E-state index in [1.807, 2.05) is 18.2 Å². The van der Waals surface area contributed by atoms with Crippen molar-refractivity contribution in [3.8, 4) is 11.5 Å². The molecular weight excluding hydrogens is 324 g/mol. The molecule has 0 saturated carbocycles. The summed E-state index contributed by atoms with van der Waals surface area (Å²) in [5.74, 6) is 2.10. The Hall–Kier alpha value is -1.86. The molecule has 1 unspecified atom stereocenters. The molecule has 3 saturated heterocycles. The monoisotopic (exact) mass is 348 g/mol. The average Bonchev–Trinajstić information content (AvgIpc) is 2.62. The summed E-state index contributed by atoms with van der Waals surface area (Å²) in [5.41, 5.74) is 3.81. The van der Waals surface area contributed by atoms with Gasteiger partial charge in [-0.05, 0) is 67.8 Å². The average molecular weight is 348 g/mol. The van der Waals surface area contributed by atoms with E-state index in [4.69, 9.17) is 21.7 Å². The lowest BCUT2D eigenvalue weighted by atomic mass is 9.84. The topological polar surface area (TPSA) is 58.1 Å². The van der Waals surface area contributed by atoms with Crippen LogP contribution >= 0.6 is 12.2 Å². The van der Waals surface area contributed by atoms with Crippen molar-refractivity contribution in [1.29, 1.82) is 0 Å². The van der Waals surface area contributed by atoms with E-state index in [1.165, 1.54) is 25.9 Å². The van der Waals surface area contributed by atoms with Gasteiger partial charge in [-0.2, -0.15) is 5.10 Å². The van der Waals surface area contributed by atoms with Crippen LogP contribution < -0.4 is 20.2 Å². The molecule has 0 aliphatic carbocycles. The maximum Gasteiger partial charge on any atom is 0.187 e. The van der Waals surface area contributed by atoms with Gasteiger partial charge in [0.05, 0.1) is 20.4 Å². The first-order valence-electron chi connectivity index (χ1n) is 8.23. The summed E-state index contributed by atoms with van der Waals surface area (Å²) in [6, 6.07) is 6.07. The van der Waals surface area contributed by atoms with Gasteiger partial charge in [0.15, 0.2) is 16.6 Å². The Morgan fingerprint density at radius 3 is 2.62 bits per heavy atom. The first kappa shape index (κ1) is 17.0. The number of thiocarbonyl (C=S) groups is 1. The second-order valence-corrected chi connectivity index (χ2v) is 6.61. The van der Waals surface area contributed by atoms with Gasteiger partial charge in [0.2, 0.25) is 0 Å². The van der Waals surface area contributed by atoms with Crippen molar-refractivity contribution in [3.05, 3.63) is 23.8 Å². The standard InChI is InChI=1S/C17H24N4O2S/c1-22-15-4-3-12(9-16(15)23-2)10-18-20-17(24)19-14-11-21-7-5-13(14)6-8-21/h3-4,9-10,13-14H,5-8,11H2,1-2H3,(H2,19,20,24)/b18-10+. The SMILES string of the molecule is COc1ccc(/C=N/NC(=S)NC2CN3CCC2CC3)cc1OC. The molecule has 0 amide bonds. The molecule has 3 heterocycles. The molecule has 3 aliphatic heterocycles. The number of hydrazone groups is 1. The van der Waals surface area contributed by atoms with Crippen molar-refractivity contribution < 1.29 is 9.47 Å². The number of benzene rings is 1. The van der Waals surface area contributed by atoms with Crippen molar-refractivity contribution in [2.75, 3.05) is 33.9 Å². The highest BCUT2D eigenvalue weighted by Crippen LogP contribution is 2.28. The van der Waals surface area contributed by atoms with E-state index in [0.29, 0.717) is 22.7 Å². The highest BCUT2D eigenvalue weighted by atomic mass is 32.1. The molecule has 24 heavy (non-hydrogen) atoms. The smallest absolute Gasteiger partial charge is 0.187 e. The molecule has 130 valence electrons. The number of hydrogen-bond donors (Lipinski definition) is 2. The Kier molecular flexibility index (Phi) is 5.52. The van der Waals surface area contributed by atoms with Gasteiger partial charge in [0, 0.05) is 12.6 Å². The minimum atomic E-state index is 0.434. The van der Waals surface area contributed by atoms with Gasteiger partial charge in [0.25, 0.3) is 0 Å². The summed E-state index contributed by atoms with van der Waals surface area (Å²) in [5, 5.41) is 8.18. The van der Waals surface area contributed by atoms with E-state index in [9.17, 15) is 0 Å². The van der Waals surface area contributed by atoms with Crippen molar-refractivity contribution >= 4 is 23.5 Å². The number of rotatable bonds is 5. The van der Waals surface area contributed by atoms with Crippen LogP contribution in [0.5, 0.6) is 11.5 Å². The summed E-state index contributed by atoms with van der Waals surface area (Å²) >= 11 is 5.35. The molecule has 0 radical (unpaired) electrons. The number of fused-ring (bicyclic) bond motifs is 3. The summed E-state index contributed by atoms with van der Waals surface area (Å²) in [6.07, 6.45) is 4.23. The zero-order valence-electron chi connectivity index (χ0n) is 14.1. The highest BCUT2D eigenvalue weighted by molar-refractivity contribution is 7.80. The molecule has 6 nitrogen and oxygen atoms in total. The lowest BCUT2D eigenvalue weighted by molar-refractivity contribution is 0.0812. The van der Waals surface area contributed by atoms with Crippen LogP contribution in [0.1, 0.15) is 18.4 Å². The molecule has 7 heteroatoms. The lowest BCUT2D eigenvalue weighted by Gasteiger charge is -2.45. The van der Waals surface area contributed by atoms with Gasteiger partial charge in [-0.15, -0.1) is 0 Å². The predicted octanol–water partition coefficient (Wildman–Crippen LogP) is 1.60. The quantitative estimate of drug-likeness (QED) is 0.479. The molecule has 1 aromatic carbocycles. The van der Waals surface area contributed by atoms with Gasteiger partial charge in [-0.1, -0.05) is 0 Å². The molecule has 3 aliphatic rings. The molecule has 3 fully saturated rings. The van der Waals surface area contributed by atoms with E-state index in [-0.39, 0.29) is 0 Å². The molecule has 2 N–H and O–H groups in total. The first-order valence-corrected chi connectivity index (χ1v) is 8.64. The Labute approximate surface area is 148 Å². The molecule has 2 bridgehead atoms. The zero-order chi connectivity index (χ0) is 16.9. The van der Waals surface area contributed by atoms with Crippen LogP contribution in [0.2, 0.25) is 0 Å². The normalized spacial score (nSPS) is 25.5. The van der Waals surface area contributed by atoms with E-state index in [0.717, 1.165) is 18.0 Å². The van der Waals surface area contributed by atoms with Crippen LogP contribution in [0.3, 0.4) is 0 Å². The number of piperidine rings is 3. The minimum Gasteiger partial charge on any atom is -0.493 e. The van der Waals surface area contributed by atoms with Gasteiger partial charge >= 0.3 is 0 Å². The largest absolute Gasteiger partial charge is 0.493 e. The fourth-order valence-electron chi connectivity index (χ4n) is 3.43. The third-order valence-electron chi connectivity index (χ3n) is 4.76. The van der Waals surface area contributed by atoms with Crippen molar-refractivity contribution in [2.24, 2.45) is 11.0 Å². The van der Waals surface area contributed by atoms with Gasteiger partial charge in [-0.25, -0.2) is 0 Å². The van der Waals surface area contributed by atoms with Crippen molar-refractivity contribution in [3.63, 3.8) is 0 Å². The molecule has 1 atom stereocenters. The maximum atomic E-state index is 5.35. The first-order chi connectivity index (χ1) is 11.7. The van der Waals surface area contributed by atoms with Crippen LogP contribution in [0.15, 0.2) is 23.3 Å². The second-order valence-electron chi connectivity index (χ2n) is 6.20. The van der Waals surface area contributed by atoms with Crippen LogP contribution in [0.25, 0.3) is 0 Å². The number of methoxy groups -OCH3 is 2. The lowest BCUT2D eigenvalue weighted by Crippen LogP contribution is -2.58. The summed E-state index contributed by atoms with van der Waals surface area (Å²) < 4.78 is 10.5. The van der Waals surface area contributed by atoms with Crippen LogP contribution in [-0.2, 0) is 0 Å². The predicted molar refractivity (Wildman–Crippen MR) is 99.0 cm³/mol. The molecule has 4 rings (SSSR count). The molecular formula is C17H24N4O2S. The Morgan fingerprint density at radius 2 is 2.00 bits per heavy atom. The third-order valence-corrected chi connectivity index (χ3v) is 4.97. The van der Waals surface area contributed by atoms with Crippen LogP contribution in [0, 0.1) is 5.92 Å². The summed E-state index contributed by atoms with van der Waals surface area (Å²) in [6.45, 7) is 3.52. The fourth-order valence-corrected chi connectivity index (χ4v) is 3.63. The Balaban J connectivity index is 1.51. The highest BCUT2D eigenvalue weighted by Gasteiger charge is 2.34. The van der Waals surface area contributed by atoms with E-state index < -0.39 is 0 Å². The van der Waals surface area contributed by atoms with Gasteiger partial charge in [-0.3, -0.25) is 5.43 Å². The summed E-state index contributed by atoms with van der Waals surface area (Å²) in [7, 11) is 3.23. The fraction of sp³-hybridized carbons (Fsp3) is 0.529. The van der Waals surface area contributed by atoms with E-state index in [1.54, 1.807) is 20.4 Å². The van der Waals surface area contributed by atoms with E-state index in [2.05, 4.69) is 20.7 Å². The zero-order valence-corrected chi connectivity index (χ0v) is 14.9. The number of hydrogen-bond acceptors (Lipinski definition) is 5. The Bertz CT molecular complexity index is 615. The van der Waals surface area contributed by atoms with Crippen LogP contribution in [-0.4, -0.2) is 56.1 Å². The van der Waals surface area contributed by atoms with Crippen molar-refractivity contribution in [2.45, 2.75) is 18.9 Å². The molecule has 0 spiro atoms. The van der Waals surface area contributed by atoms with E-state index >= 15 is 0 Å². The molecule has 0 aromatic heterocycles. The third kappa shape index (κ3) is 3.96.